The lowest BCUT2D eigenvalue weighted by molar-refractivity contribution is -0.130. The Morgan fingerprint density at radius 3 is 2.52 bits per heavy atom. The summed E-state index contributed by atoms with van der Waals surface area (Å²) in [5.74, 6) is 0.974. The molecule has 0 aromatic carbocycles. The molecule has 1 saturated heterocycles. The van der Waals surface area contributed by atoms with Gasteiger partial charge in [0.25, 0.3) is 5.91 Å². The zero-order valence-corrected chi connectivity index (χ0v) is 13.5. The number of aryl methyl sites for hydroxylation is 1. The summed E-state index contributed by atoms with van der Waals surface area (Å²) in [5, 5.41) is 0. The lowest BCUT2D eigenvalue weighted by Crippen LogP contribution is -2.49. The Kier molecular flexibility index (Phi) is 4.02. The summed E-state index contributed by atoms with van der Waals surface area (Å²) in [4.78, 5) is 29.9. The molecule has 1 atom stereocenters. The van der Waals surface area contributed by atoms with Crippen LogP contribution in [0.25, 0.3) is 0 Å². The Balaban J connectivity index is 1.68. The summed E-state index contributed by atoms with van der Waals surface area (Å²) in [6, 6.07) is 2.11. The van der Waals surface area contributed by atoms with Crippen molar-refractivity contribution < 1.29 is 9.59 Å². The predicted octanol–water partition coefficient (Wildman–Crippen LogP) is 2.18. The molecule has 0 saturated carbocycles. The first-order valence-corrected chi connectivity index (χ1v) is 8.52. The average Bonchev–Trinajstić information content (AvgIpc) is 2.89. The zero-order chi connectivity index (χ0) is 15.0. The molecule has 5 heteroatoms. The van der Waals surface area contributed by atoms with Crippen LogP contribution in [0.5, 0.6) is 0 Å². The van der Waals surface area contributed by atoms with Gasteiger partial charge in [-0.25, -0.2) is 0 Å². The molecule has 1 aliphatic carbocycles. The second-order valence-electron chi connectivity index (χ2n) is 6.21. The van der Waals surface area contributed by atoms with Gasteiger partial charge >= 0.3 is 0 Å². The molecular formula is C16H22N2O2S. The summed E-state index contributed by atoms with van der Waals surface area (Å²) in [6.45, 7) is 6.48. The van der Waals surface area contributed by atoms with E-state index in [1.165, 1.54) is 16.9 Å². The van der Waals surface area contributed by atoms with E-state index in [4.69, 9.17) is 0 Å². The number of nitrogens with zero attached hydrogens (tertiary/aromatic N) is 2. The van der Waals surface area contributed by atoms with E-state index in [2.05, 4.69) is 13.0 Å². The summed E-state index contributed by atoms with van der Waals surface area (Å²) < 4.78 is 0. The molecule has 2 aliphatic rings. The molecule has 21 heavy (non-hydrogen) atoms. The van der Waals surface area contributed by atoms with Gasteiger partial charge in [0.2, 0.25) is 5.91 Å². The molecule has 1 aromatic rings. The number of hydrogen-bond acceptors (Lipinski definition) is 3. The summed E-state index contributed by atoms with van der Waals surface area (Å²) in [7, 11) is 0. The van der Waals surface area contributed by atoms with Gasteiger partial charge in [-0.2, -0.15) is 0 Å². The number of carbonyl (C=O) groups excluding carboxylic acids is 2. The number of thiophene rings is 1. The first kappa shape index (κ1) is 14.6. The van der Waals surface area contributed by atoms with Crippen LogP contribution in [0.1, 0.15) is 40.4 Å². The van der Waals surface area contributed by atoms with Gasteiger partial charge in [-0.15, -0.1) is 11.3 Å². The third-order valence-corrected chi connectivity index (χ3v) is 5.78. The van der Waals surface area contributed by atoms with Crippen molar-refractivity contribution in [2.75, 3.05) is 26.2 Å². The summed E-state index contributed by atoms with van der Waals surface area (Å²) >= 11 is 1.67. The second-order valence-corrected chi connectivity index (χ2v) is 7.34. The molecule has 0 spiro atoms. The average molecular weight is 306 g/mol. The number of piperazine rings is 1. The number of hydrogen-bond donors (Lipinski definition) is 0. The van der Waals surface area contributed by atoms with Gasteiger partial charge in [-0.05, 0) is 36.8 Å². The van der Waals surface area contributed by atoms with Gasteiger partial charge in [0.1, 0.15) is 0 Å². The van der Waals surface area contributed by atoms with Crippen molar-refractivity contribution in [1.82, 2.24) is 9.80 Å². The Morgan fingerprint density at radius 2 is 1.86 bits per heavy atom. The third kappa shape index (κ3) is 2.98. The fourth-order valence-electron chi connectivity index (χ4n) is 3.19. The molecular weight excluding hydrogens is 284 g/mol. The van der Waals surface area contributed by atoms with E-state index < -0.39 is 0 Å². The quantitative estimate of drug-likeness (QED) is 0.798. The van der Waals surface area contributed by atoms with Gasteiger partial charge in [0, 0.05) is 38.0 Å². The summed E-state index contributed by atoms with van der Waals surface area (Å²) in [5.41, 5.74) is 1.38. The molecule has 0 radical (unpaired) electrons. The molecule has 4 nitrogen and oxygen atoms in total. The van der Waals surface area contributed by atoms with Gasteiger partial charge in [0.15, 0.2) is 0 Å². The molecule has 0 bridgehead atoms. The maximum Gasteiger partial charge on any atom is 0.264 e. The monoisotopic (exact) mass is 306 g/mol. The Labute approximate surface area is 129 Å². The largest absolute Gasteiger partial charge is 0.339 e. The van der Waals surface area contributed by atoms with Crippen LogP contribution in [0.3, 0.4) is 0 Å². The van der Waals surface area contributed by atoms with Crippen LogP contribution >= 0.6 is 11.3 Å². The lowest BCUT2D eigenvalue weighted by Gasteiger charge is -2.33. The third-order valence-electron chi connectivity index (χ3n) is 4.55. The van der Waals surface area contributed by atoms with E-state index in [0.29, 0.717) is 26.2 Å². The van der Waals surface area contributed by atoms with Gasteiger partial charge in [-0.3, -0.25) is 9.59 Å². The highest BCUT2D eigenvalue weighted by molar-refractivity contribution is 7.14. The van der Waals surface area contributed by atoms with E-state index in [1.54, 1.807) is 18.3 Å². The molecule has 0 N–H and O–H groups in total. The van der Waals surface area contributed by atoms with Crippen molar-refractivity contribution in [3.63, 3.8) is 0 Å². The van der Waals surface area contributed by atoms with E-state index in [0.717, 1.165) is 23.6 Å². The highest BCUT2D eigenvalue weighted by Crippen LogP contribution is 2.32. The minimum atomic E-state index is 0.0997. The fourth-order valence-corrected chi connectivity index (χ4v) is 4.37. The normalized spacial score (nSPS) is 22.1. The van der Waals surface area contributed by atoms with Crippen LogP contribution in [0, 0.1) is 5.92 Å². The van der Waals surface area contributed by atoms with E-state index in [1.807, 2.05) is 9.80 Å². The van der Waals surface area contributed by atoms with Crippen molar-refractivity contribution in [1.29, 1.82) is 0 Å². The molecule has 1 aliphatic heterocycles. The van der Waals surface area contributed by atoms with Crippen LogP contribution in [0.4, 0.5) is 0 Å². The van der Waals surface area contributed by atoms with Gasteiger partial charge < -0.3 is 9.80 Å². The molecule has 1 aromatic heterocycles. The SMILES string of the molecule is CC(=O)N1CCN(C(=O)c2cc3c(s2)CC[C@@H](C)C3)CC1. The molecule has 3 rings (SSSR count). The molecule has 2 heterocycles. The second kappa shape index (κ2) is 5.79. The highest BCUT2D eigenvalue weighted by atomic mass is 32.1. The summed E-state index contributed by atoms with van der Waals surface area (Å²) in [6.07, 6.45) is 3.46. The number of carbonyl (C=O) groups is 2. The van der Waals surface area contributed by atoms with Crippen molar-refractivity contribution >= 4 is 23.2 Å². The zero-order valence-electron chi connectivity index (χ0n) is 12.7. The number of fused-ring (bicyclic) bond motifs is 1. The molecule has 2 amide bonds. The van der Waals surface area contributed by atoms with Crippen LogP contribution in [-0.4, -0.2) is 47.8 Å². The van der Waals surface area contributed by atoms with Crippen LogP contribution < -0.4 is 0 Å². The van der Waals surface area contributed by atoms with E-state index in [-0.39, 0.29) is 11.8 Å². The smallest absolute Gasteiger partial charge is 0.264 e. The topological polar surface area (TPSA) is 40.6 Å². The van der Waals surface area contributed by atoms with Crippen LogP contribution in [-0.2, 0) is 17.6 Å². The van der Waals surface area contributed by atoms with Gasteiger partial charge in [-0.1, -0.05) is 6.92 Å². The Hall–Kier alpha value is -1.36. The minimum Gasteiger partial charge on any atom is -0.339 e. The number of rotatable bonds is 1. The molecule has 0 unspecified atom stereocenters. The standard InChI is InChI=1S/C16H22N2O2S/c1-11-3-4-14-13(9-11)10-15(21-14)16(20)18-7-5-17(6-8-18)12(2)19/h10-11H,3-9H2,1-2H3/t11-/m1/s1. The van der Waals surface area contributed by atoms with Crippen molar-refractivity contribution in [3.05, 3.63) is 21.4 Å². The lowest BCUT2D eigenvalue weighted by atomic mass is 9.90. The Morgan fingerprint density at radius 1 is 1.19 bits per heavy atom. The van der Waals surface area contributed by atoms with Crippen LogP contribution in [0.15, 0.2) is 6.07 Å². The maximum atomic E-state index is 12.6. The fraction of sp³-hybridized carbons (Fsp3) is 0.625. The first-order chi connectivity index (χ1) is 10.0. The van der Waals surface area contributed by atoms with E-state index in [9.17, 15) is 9.59 Å². The molecule has 114 valence electrons. The van der Waals surface area contributed by atoms with Crippen molar-refractivity contribution in [2.24, 2.45) is 5.92 Å². The van der Waals surface area contributed by atoms with Gasteiger partial charge in [0.05, 0.1) is 4.88 Å². The Bertz CT molecular complexity index is 559. The maximum absolute atomic E-state index is 12.6. The minimum absolute atomic E-state index is 0.0997. The predicted molar refractivity (Wildman–Crippen MR) is 83.7 cm³/mol. The van der Waals surface area contributed by atoms with E-state index >= 15 is 0 Å². The highest BCUT2D eigenvalue weighted by Gasteiger charge is 2.26. The molecule has 1 fully saturated rings. The van der Waals surface area contributed by atoms with Crippen molar-refractivity contribution in [3.8, 4) is 0 Å². The van der Waals surface area contributed by atoms with Crippen molar-refractivity contribution in [2.45, 2.75) is 33.1 Å². The first-order valence-electron chi connectivity index (χ1n) is 7.71. The number of amides is 2. The van der Waals surface area contributed by atoms with Crippen LogP contribution in [0.2, 0.25) is 0 Å².